The van der Waals surface area contributed by atoms with E-state index in [1.54, 1.807) is 12.2 Å². The second-order valence-corrected chi connectivity index (χ2v) is 2.21. The molecule has 0 radical (unpaired) electrons. The van der Waals surface area contributed by atoms with Crippen LogP contribution in [0.2, 0.25) is 0 Å². The van der Waals surface area contributed by atoms with Crippen LogP contribution in [0.1, 0.15) is 26.2 Å². The zero-order valence-corrected chi connectivity index (χ0v) is 6.54. The van der Waals surface area contributed by atoms with Crippen LogP contribution in [0.5, 0.6) is 0 Å². The molecule has 0 aliphatic heterocycles. The molecule has 0 heterocycles. The zero-order chi connectivity index (χ0) is 8.69. The number of carbonyl (C=O) groups is 2. The fourth-order valence-electron chi connectivity index (χ4n) is 0.598. The molecule has 0 aromatic carbocycles. The lowest BCUT2D eigenvalue weighted by molar-refractivity contribution is -0.138. The van der Waals surface area contributed by atoms with Gasteiger partial charge in [0.2, 0.25) is 0 Å². The number of hydrogen-bond donors (Lipinski definition) is 1. The highest BCUT2D eigenvalue weighted by Gasteiger charge is 2.02. The van der Waals surface area contributed by atoms with E-state index in [4.69, 9.17) is 5.11 Å². The molecule has 0 fully saturated rings. The van der Waals surface area contributed by atoms with Crippen molar-refractivity contribution in [1.29, 1.82) is 0 Å². The first-order valence-corrected chi connectivity index (χ1v) is 3.51. The number of carboxylic acid groups (broad SMARTS) is 1. The predicted molar refractivity (Wildman–Crippen MR) is 41.3 cm³/mol. The van der Waals surface area contributed by atoms with Crippen molar-refractivity contribution >= 4 is 11.8 Å². The van der Waals surface area contributed by atoms with Gasteiger partial charge in [-0.15, -0.1) is 0 Å². The number of carbonyl (C=O) groups excluding carboxylic acids is 1. The van der Waals surface area contributed by atoms with Crippen molar-refractivity contribution in [1.82, 2.24) is 0 Å². The van der Waals surface area contributed by atoms with Gasteiger partial charge in [0, 0.05) is 12.8 Å². The third-order valence-corrected chi connectivity index (χ3v) is 1.20. The molecule has 1 N–H and O–H groups in total. The average Bonchev–Trinajstić information content (AvgIpc) is 1.97. The standard InChI is InChI=1S/C8H12O3/c1-2-3-4-7(9)5-6-8(10)11/h2-3H,4-6H2,1H3,(H,10,11). The summed E-state index contributed by atoms with van der Waals surface area (Å²) in [5.74, 6) is -0.940. The molecule has 0 aromatic heterocycles. The van der Waals surface area contributed by atoms with Gasteiger partial charge in [-0.2, -0.15) is 0 Å². The Morgan fingerprint density at radius 1 is 1.36 bits per heavy atom. The third kappa shape index (κ3) is 6.77. The lowest BCUT2D eigenvalue weighted by atomic mass is 10.1. The van der Waals surface area contributed by atoms with Crippen molar-refractivity contribution in [2.24, 2.45) is 0 Å². The second kappa shape index (κ2) is 5.65. The summed E-state index contributed by atoms with van der Waals surface area (Å²) in [5, 5.41) is 8.22. The molecule has 0 saturated heterocycles. The molecule has 0 aliphatic rings. The van der Waals surface area contributed by atoms with Crippen molar-refractivity contribution in [2.45, 2.75) is 26.2 Å². The Labute approximate surface area is 65.7 Å². The quantitative estimate of drug-likeness (QED) is 0.612. The first kappa shape index (κ1) is 9.88. The van der Waals surface area contributed by atoms with Gasteiger partial charge in [-0.3, -0.25) is 9.59 Å². The van der Waals surface area contributed by atoms with Gasteiger partial charge in [0.05, 0.1) is 6.42 Å². The third-order valence-electron chi connectivity index (χ3n) is 1.20. The largest absolute Gasteiger partial charge is 0.481 e. The van der Waals surface area contributed by atoms with Crippen LogP contribution < -0.4 is 0 Å². The van der Waals surface area contributed by atoms with Crippen molar-refractivity contribution in [2.75, 3.05) is 0 Å². The molecular weight excluding hydrogens is 144 g/mol. The Bertz CT molecular complexity index is 170. The number of aliphatic carboxylic acids is 1. The lowest BCUT2D eigenvalue weighted by Crippen LogP contribution is -2.01. The van der Waals surface area contributed by atoms with E-state index in [0.29, 0.717) is 6.42 Å². The average molecular weight is 156 g/mol. The van der Waals surface area contributed by atoms with Gasteiger partial charge >= 0.3 is 5.97 Å². The molecule has 0 unspecified atom stereocenters. The maximum Gasteiger partial charge on any atom is 0.303 e. The Kier molecular flexibility index (Phi) is 5.07. The molecule has 3 nitrogen and oxygen atoms in total. The van der Waals surface area contributed by atoms with E-state index in [2.05, 4.69) is 0 Å². The zero-order valence-electron chi connectivity index (χ0n) is 6.54. The molecule has 0 atom stereocenters. The Morgan fingerprint density at radius 3 is 2.45 bits per heavy atom. The van der Waals surface area contributed by atoms with Crippen LogP contribution in [-0.4, -0.2) is 16.9 Å². The van der Waals surface area contributed by atoms with Gasteiger partial charge in [0.15, 0.2) is 0 Å². The minimum Gasteiger partial charge on any atom is -0.481 e. The number of ketones is 1. The van der Waals surface area contributed by atoms with E-state index < -0.39 is 5.97 Å². The summed E-state index contributed by atoms with van der Waals surface area (Å²) in [4.78, 5) is 20.8. The number of allylic oxidation sites excluding steroid dienone is 2. The van der Waals surface area contributed by atoms with Gasteiger partial charge in [-0.25, -0.2) is 0 Å². The van der Waals surface area contributed by atoms with Crippen LogP contribution >= 0.6 is 0 Å². The summed E-state index contributed by atoms with van der Waals surface area (Å²) >= 11 is 0. The Balaban J connectivity index is 3.45. The molecule has 0 spiro atoms. The number of carboxylic acids is 1. The highest BCUT2D eigenvalue weighted by atomic mass is 16.4. The highest BCUT2D eigenvalue weighted by Crippen LogP contribution is 1.95. The summed E-state index contributed by atoms with van der Waals surface area (Å²) in [7, 11) is 0. The fraction of sp³-hybridized carbons (Fsp3) is 0.500. The molecule has 0 rings (SSSR count). The monoisotopic (exact) mass is 156 g/mol. The van der Waals surface area contributed by atoms with E-state index in [1.165, 1.54) is 0 Å². The van der Waals surface area contributed by atoms with E-state index in [9.17, 15) is 9.59 Å². The summed E-state index contributed by atoms with van der Waals surface area (Å²) < 4.78 is 0. The van der Waals surface area contributed by atoms with E-state index in [0.717, 1.165) is 0 Å². The molecule has 0 saturated carbocycles. The van der Waals surface area contributed by atoms with Crippen molar-refractivity contribution < 1.29 is 14.7 Å². The molecule has 3 heteroatoms. The fourth-order valence-corrected chi connectivity index (χ4v) is 0.598. The minimum atomic E-state index is -0.918. The lowest BCUT2D eigenvalue weighted by Gasteiger charge is -1.91. The highest BCUT2D eigenvalue weighted by molar-refractivity contribution is 5.83. The molecule has 0 aliphatic carbocycles. The van der Waals surface area contributed by atoms with Crippen LogP contribution in [0.4, 0.5) is 0 Å². The number of Topliss-reactive ketones (excluding diaryl/α,β-unsaturated/α-hetero) is 1. The molecule has 11 heavy (non-hydrogen) atoms. The van der Waals surface area contributed by atoms with Crippen LogP contribution in [-0.2, 0) is 9.59 Å². The number of hydrogen-bond acceptors (Lipinski definition) is 2. The van der Waals surface area contributed by atoms with Gasteiger partial charge in [-0.1, -0.05) is 12.2 Å². The normalized spacial score (nSPS) is 10.3. The van der Waals surface area contributed by atoms with Crippen molar-refractivity contribution in [3.8, 4) is 0 Å². The summed E-state index contributed by atoms with van der Waals surface area (Å²) in [5.41, 5.74) is 0. The van der Waals surface area contributed by atoms with Gasteiger partial charge < -0.3 is 5.11 Å². The molecule has 0 amide bonds. The maximum atomic E-state index is 10.8. The van der Waals surface area contributed by atoms with Crippen molar-refractivity contribution in [3.05, 3.63) is 12.2 Å². The first-order chi connectivity index (χ1) is 5.16. The van der Waals surface area contributed by atoms with E-state index >= 15 is 0 Å². The maximum absolute atomic E-state index is 10.8. The molecular formula is C8H12O3. The Hall–Kier alpha value is -1.12. The van der Waals surface area contributed by atoms with Gasteiger partial charge in [0.1, 0.15) is 5.78 Å². The van der Waals surface area contributed by atoms with E-state index in [1.807, 2.05) is 6.92 Å². The predicted octanol–water partition coefficient (Wildman–Crippen LogP) is 1.39. The first-order valence-electron chi connectivity index (χ1n) is 3.51. The molecule has 0 aromatic rings. The number of rotatable bonds is 5. The van der Waals surface area contributed by atoms with Crippen LogP contribution in [0.25, 0.3) is 0 Å². The minimum absolute atomic E-state index is 0.0227. The smallest absolute Gasteiger partial charge is 0.303 e. The van der Waals surface area contributed by atoms with E-state index in [-0.39, 0.29) is 18.6 Å². The second-order valence-electron chi connectivity index (χ2n) is 2.21. The summed E-state index contributed by atoms with van der Waals surface area (Å²) in [6, 6.07) is 0. The summed E-state index contributed by atoms with van der Waals surface area (Å²) in [6.45, 7) is 1.82. The topological polar surface area (TPSA) is 54.4 Å². The van der Waals surface area contributed by atoms with Gasteiger partial charge in [-0.05, 0) is 6.92 Å². The van der Waals surface area contributed by atoms with Crippen molar-refractivity contribution in [3.63, 3.8) is 0 Å². The van der Waals surface area contributed by atoms with Crippen LogP contribution in [0.15, 0.2) is 12.2 Å². The SMILES string of the molecule is CC=CCC(=O)CCC(=O)O. The van der Waals surface area contributed by atoms with Crippen LogP contribution in [0, 0.1) is 0 Å². The van der Waals surface area contributed by atoms with Gasteiger partial charge in [0.25, 0.3) is 0 Å². The summed E-state index contributed by atoms with van der Waals surface area (Å²) in [6.07, 6.45) is 3.93. The molecule has 0 bridgehead atoms. The molecule has 62 valence electrons. The Morgan fingerprint density at radius 2 is 2.00 bits per heavy atom. The van der Waals surface area contributed by atoms with Crippen LogP contribution in [0.3, 0.4) is 0 Å².